The second kappa shape index (κ2) is 17.2. The first kappa shape index (κ1) is 42.4. The van der Waals surface area contributed by atoms with E-state index in [2.05, 4.69) is 270 Å². The number of nitrogens with zero attached hydrogens (tertiary/aromatic N) is 2. The predicted octanol–water partition coefficient (Wildman–Crippen LogP) is 19.6. The average Bonchev–Trinajstić information content (AvgIpc) is 4.16. The van der Waals surface area contributed by atoms with Gasteiger partial charge in [-0.1, -0.05) is 212 Å². The van der Waals surface area contributed by atoms with Gasteiger partial charge in [-0.15, -0.1) is 0 Å². The van der Waals surface area contributed by atoms with E-state index in [4.69, 9.17) is 0 Å². The second-order valence-corrected chi connectivity index (χ2v) is 20.1. The number of rotatable bonds is 8. The number of benzene rings is 11. The molecule has 0 bridgehead atoms. The summed E-state index contributed by atoms with van der Waals surface area (Å²) in [6, 6.07) is 82.2. The Balaban J connectivity index is 1.08. The van der Waals surface area contributed by atoms with Crippen molar-refractivity contribution in [1.82, 2.24) is 9.13 Å². The fraction of sp³-hybridized carbons (Fsp3) is 0.0556. The summed E-state index contributed by atoms with van der Waals surface area (Å²) in [5, 5.41) is 15.3. The van der Waals surface area contributed by atoms with Gasteiger partial charge >= 0.3 is 0 Å². The van der Waals surface area contributed by atoms with Gasteiger partial charge in [0.25, 0.3) is 0 Å². The maximum atomic E-state index is 2.53. The van der Waals surface area contributed by atoms with Crippen LogP contribution in [0.25, 0.3) is 126 Å². The van der Waals surface area contributed by atoms with Crippen molar-refractivity contribution in [2.45, 2.75) is 25.2 Å². The largest absolute Gasteiger partial charge is 0.313 e. The summed E-state index contributed by atoms with van der Waals surface area (Å²) in [5.41, 5.74) is 15.8. The van der Waals surface area contributed by atoms with E-state index in [0.29, 0.717) is 0 Å². The topological polar surface area (TPSA) is 9.86 Å². The lowest BCUT2D eigenvalue weighted by Crippen LogP contribution is -2.07. The van der Waals surface area contributed by atoms with Gasteiger partial charge in [0.05, 0.1) is 11.4 Å². The molecule has 2 aromatic heterocycles. The third-order valence-corrected chi connectivity index (χ3v) is 16.1. The molecule has 0 amide bonds. The normalized spacial score (nSPS) is 14.6. The Hall–Kier alpha value is -9.24. The first-order chi connectivity index (χ1) is 36.7. The highest BCUT2D eigenvalue weighted by atomic mass is 15.0. The Morgan fingerprint density at radius 3 is 1.61 bits per heavy atom. The minimum atomic E-state index is 0.245. The van der Waals surface area contributed by atoms with Gasteiger partial charge in [0.1, 0.15) is 0 Å². The third kappa shape index (κ3) is 6.65. The molecule has 1 unspecified atom stereocenters. The van der Waals surface area contributed by atoms with Crippen molar-refractivity contribution in [1.29, 1.82) is 0 Å². The van der Waals surface area contributed by atoms with Gasteiger partial charge in [0.15, 0.2) is 0 Å². The summed E-state index contributed by atoms with van der Waals surface area (Å²) in [4.78, 5) is 0. The van der Waals surface area contributed by atoms with Crippen LogP contribution >= 0.6 is 0 Å². The Morgan fingerprint density at radius 1 is 0.365 bits per heavy atom. The van der Waals surface area contributed by atoms with Gasteiger partial charge in [0, 0.05) is 28.7 Å². The number of fused-ring (bicyclic) bond motifs is 4. The van der Waals surface area contributed by atoms with Crippen LogP contribution in [0.4, 0.5) is 0 Å². The van der Waals surface area contributed by atoms with Gasteiger partial charge in [-0.2, -0.15) is 0 Å². The van der Waals surface area contributed by atoms with Gasteiger partial charge in [-0.25, -0.2) is 0 Å². The minimum absolute atomic E-state index is 0.245. The molecule has 0 saturated heterocycles. The lowest BCUT2D eigenvalue weighted by Gasteiger charge is -2.24. The Bertz CT molecular complexity index is 4430. The molecule has 1 atom stereocenters. The van der Waals surface area contributed by atoms with Crippen molar-refractivity contribution in [2.75, 3.05) is 0 Å². The Labute approximate surface area is 430 Å². The molecule has 0 spiro atoms. The minimum Gasteiger partial charge on any atom is -0.313 e. The smallest absolute Gasteiger partial charge is 0.0534 e. The van der Waals surface area contributed by atoms with Crippen molar-refractivity contribution in [3.8, 4) is 56.1 Å². The lowest BCUT2D eigenvalue weighted by molar-refractivity contribution is 0.786. The first-order valence-electron chi connectivity index (χ1n) is 26.2. The quantitative estimate of drug-likeness (QED) is 0.106. The molecule has 2 aliphatic carbocycles. The fourth-order valence-electron chi connectivity index (χ4n) is 12.8. The molecule has 74 heavy (non-hydrogen) atoms. The summed E-state index contributed by atoms with van der Waals surface area (Å²) in [6.45, 7) is 0. The van der Waals surface area contributed by atoms with E-state index >= 15 is 0 Å². The lowest BCUT2D eigenvalue weighted by atomic mass is 9.82. The maximum absolute atomic E-state index is 2.53. The van der Waals surface area contributed by atoms with E-state index < -0.39 is 0 Å². The summed E-state index contributed by atoms with van der Waals surface area (Å²) in [7, 11) is 0. The summed E-state index contributed by atoms with van der Waals surface area (Å²) in [6.07, 6.45) is 18.8. The molecule has 15 rings (SSSR count). The van der Waals surface area contributed by atoms with Crippen molar-refractivity contribution in [3.05, 3.63) is 272 Å². The molecule has 13 aromatic rings. The van der Waals surface area contributed by atoms with Crippen LogP contribution in [-0.2, 0) is 0 Å². The highest BCUT2D eigenvalue weighted by molar-refractivity contribution is 6.35. The standard InChI is InChI=1S/C72H50N2/c1-6-19-47(20-7-1)65-41-42-66(48-21-8-2-9-22-48)73(65)53-36-38-62-63(45-53)70(51-27-14-5-15-28-51)61-37-35-54(74-67(49-23-10-3-11-24-49)43-44-68(74)50-25-12-4-13-26-50)46-64(61)72(62)60-40-39-59-56-32-17-30-52-29-16-31-55(69(52)56)57-33-18-34-58(60)71(57)59/h1-8,10-21,23-25,27-46,50H,9,22,26H2. The van der Waals surface area contributed by atoms with Crippen LogP contribution in [0.2, 0.25) is 0 Å². The Kier molecular flexibility index (Phi) is 9.88. The van der Waals surface area contributed by atoms with Crippen LogP contribution < -0.4 is 0 Å². The van der Waals surface area contributed by atoms with Crippen molar-refractivity contribution in [2.24, 2.45) is 0 Å². The molecule has 348 valence electrons. The molecule has 0 N–H and O–H groups in total. The molecule has 2 aliphatic rings. The molecule has 11 aromatic carbocycles. The number of hydrogen-bond acceptors (Lipinski definition) is 0. The average molecular weight is 943 g/mol. The van der Waals surface area contributed by atoms with E-state index in [1.807, 2.05) is 0 Å². The zero-order chi connectivity index (χ0) is 48.7. The summed E-state index contributed by atoms with van der Waals surface area (Å²) < 4.78 is 5.04. The molecule has 2 nitrogen and oxygen atoms in total. The Morgan fingerprint density at radius 2 is 0.932 bits per heavy atom. The van der Waals surface area contributed by atoms with E-state index in [1.165, 1.54) is 126 Å². The van der Waals surface area contributed by atoms with Crippen LogP contribution in [0.3, 0.4) is 0 Å². The highest BCUT2D eigenvalue weighted by Crippen LogP contribution is 2.50. The first-order valence-corrected chi connectivity index (χ1v) is 26.2. The van der Waals surface area contributed by atoms with Crippen molar-refractivity contribution >= 4 is 70.2 Å². The highest BCUT2D eigenvalue weighted by Gasteiger charge is 2.25. The molecular formula is C72H50N2. The van der Waals surface area contributed by atoms with Crippen molar-refractivity contribution < 1.29 is 0 Å². The summed E-state index contributed by atoms with van der Waals surface area (Å²) >= 11 is 0. The molecule has 0 radical (unpaired) electrons. The predicted molar refractivity (Wildman–Crippen MR) is 315 cm³/mol. The maximum Gasteiger partial charge on any atom is 0.0534 e. The molecule has 2 heteroatoms. The zero-order valence-electron chi connectivity index (χ0n) is 40.9. The van der Waals surface area contributed by atoms with Crippen LogP contribution in [-0.4, -0.2) is 9.13 Å². The number of allylic oxidation sites excluding steroid dienone is 8. The zero-order valence-corrected chi connectivity index (χ0v) is 40.9. The SMILES string of the molecule is C1=CCCC(c2ccc(-c3ccccc3)n2-c2ccc3c(-c4ccc5c6cccc7cccc(c8cccc4c85)c76)c4cc(-n5c(-c6ccccc6)ccc5C5C=CC=CC5)ccc4c(-c4ccccc4)c3c2)=C1. The van der Waals surface area contributed by atoms with Gasteiger partial charge in [-0.05, 0) is 171 Å². The van der Waals surface area contributed by atoms with E-state index in [-0.39, 0.29) is 5.92 Å². The molecule has 0 aliphatic heterocycles. The van der Waals surface area contributed by atoms with Crippen LogP contribution in [0.1, 0.15) is 36.6 Å². The summed E-state index contributed by atoms with van der Waals surface area (Å²) in [5.74, 6) is 0.245. The van der Waals surface area contributed by atoms with Crippen LogP contribution in [0.15, 0.2) is 261 Å². The third-order valence-electron chi connectivity index (χ3n) is 16.1. The molecule has 0 fully saturated rings. The number of hydrogen-bond donors (Lipinski definition) is 0. The molecular weight excluding hydrogens is 893 g/mol. The van der Waals surface area contributed by atoms with Gasteiger partial charge < -0.3 is 9.13 Å². The van der Waals surface area contributed by atoms with Gasteiger partial charge in [0.2, 0.25) is 0 Å². The van der Waals surface area contributed by atoms with Crippen LogP contribution in [0, 0.1) is 0 Å². The van der Waals surface area contributed by atoms with Gasteiger partial charge in [-0.3, -0.25) is 0 Å². The van der Waals surface area contributed by atoms with E-state index in [1.54, 1.807) is 0 Å². The fourth-order valence-corrected chi connectivity index (χ4v) is 12.8. The van der Waals surface area contributed by atoms with Crippen LogP contribution in [0.5, 0.6) is 0 Å². The number of aromatic nitrogens is 2. The monoisotopic (exact) mass is 942 g/mol. The second-order valence-electron chi connectivity index (χ2n) is 20.1. The van der Waals surface area contributed by atoms with E-state index in [0.717, 1.165) is 30.6 Å². The van der Waals surface area contributed by atoms with E-state index in [9.17, 15) is 0 Å². The van der Waals surface area contributed by atoms with Crippen molar-refractivity contribution in [3.63, 3.8) is 0 Å². The molecule has 0 saturated carbocycles. The molecule has 2 heterocycles.